The summed E-state index contributed by atoms with van der Waals surface area (Å²) in [7, 11) is 0. The number of aliphatic hydroxyl groups is 1. The lowest BCUT2D eigenvalue weighted by atomic mass is 9.65. The first kappa shape index (κ1) is 23.2. The van der Waals surface area contributed by atoms with Gasteiger partial charge in [-0.15, -0.1) is 0 Å². The van der Waals surface area contributed by atoms with Gasteiger partial charge in [0.1, 0.15) is 5.75 Å². The quantitative estimate of drug-likeness (QED) is 0.378. The predicted octanol–water partition coefficient (Wildman–Crippen LogP) is 3.41. The van der Waals surface area contributed by atoms with Crippen LogP contribution in [-0.4, -0.2) is 42.8 Å². The molecule has 11 heteroatoms. The van der Waals surface area contributed by atoms with Crippen LogP contribution in [0.1, 0.15) is 71.0 Å². The average molecular weight is 519 g/mol. The zero-order valence-electron chi connectivity index (χ0n) is 20.4. The second-order valence-electron chi connectivity index (χ2n) is 10.7. The van der Waals surface area contributed by atoms with Crippen molar-refractivity contribution in [3.8, 4) is 17.0 Å². The van der Waals surface area contributed by atoms with E-state index in [1.165, 1.54) is 12.1 Å². The summed E-state index contributed by atoms with van der Waals surface area (Å²) in [5, 5.41) is 17.8. The number of rotatable bonds is 4. The fourth-order valence-corrected chi connectivity index (χ4v) is 6.43. The van der Waals surface area contributed by atoms with Crippen LogP contribution in [0.2, 0.25) is 0 Å². The lowest BCUT2D eigenvalue weighted by Crippen LogP contribution is -2.58. The zero-order chi connectivity index (χ0) is 26.4. The molecule has 2 atom stereocenters. The molecule has 4 N–H and O–H groups in total. The Kier molecular flexibility index (Phi) is 4.74. The van der Waals surface area contributed by atoms with Crippen molar-refractivity contribution in [3.63, 3.8) is 0 Å². The van der Waals surface area contributed by atoms with E-state index in [1.807, 2.05) is 18.2 Å². The molecule has 7 rings (SSSR count). The van der Waals surface area contributed by atoms with Gasteiger partial charge in [-0.25, -0.2) is 9.50 Å². The Morgan fingerprint density at radius 1 is 1.21 bits per heavy atom. The van der Waals surface area contributed by atoms with E-state index < -0.39 is 23.7 Å². The molecule has 1 aliphatic heterocycles. The number of hydrogen-bond donors (Lipinski definition) is 3. The second kappa shape index (κ2) is 7.78. The van der Waals surface area contributed by atoms with Crippen LogP contribution in [-0.2, 0) is 5.54 Å². The van der Waals surface area contributed by atoms with E-state index in [1.54, 1.807) is 29.9 Å². The van der Waals surface area contributed by atoms with Gasteiger partial charge in [0, 0.05) is 40.6 Å². The van der Waals surface area contributed by atoms with E-state index >= 15 is 0 Å². The zero-order valence-corrected chi connectivity index (χ0v) is 20.4. The molecule has 194 valence electrons. The van der Waals surface area contributed by atoms with Crippen molar-refractivity contribution >= 4 is 11.6 Å². The molecule has 9 nitrogen and oxygen atoms in total. The molecule has 0 radical (unpaired) electrons. The summed E-state index contributed by atoms with van der Waals surface area (Å²) in [5.41, 5.74) is 9.89. The van der Waals surface area contributed by atoms with E-state index in [0.717, 1.165) is 11.1 Å². The minimum absolute atomic E-state index is 0.0212. The first-order valence-electron chi connectivity index (χ1n) is 12.4. The maximum Gasteiger partial charge on any atom is 0.387 e. The minimum atomic E-state index is -3.02. The van der Waals surface area contributed by atoms with Gasteiger partial charge in [0.15, 0.2) is 5.65 Å². The van der Waals surface area contributed by atoms with Crippen molar-refractivity contribution in [2.24, 2.45) is 5.73 Å². The summed E-state index contributed by atoms with van der Waals surface area (Å²) in [4.78, 5) is 22.4. The van der Waals surface area contributed by atoms with Gasteiger partial charge < -0.3 is 20.9 Å². The van der Waals surface area contributed by atoms with Crippen molar-refractivity contribution in [2.75, 3.05) is 0 Å². The molecular weight excluding hydrogens is 494 g/mol. The minimum Gasteiger partial charge on any atom is -0.434 e. The molecule has 1 aromatic carbocycles. The van der Waals surface area contributed by atoms with E-state index in [-0.39, 0.29) is 17.7 Å². The summed E-state index contributed by atoms with van der Waals surface area (Å²) in [6.07, 6.45) is 4.85. The highest BCUT2D eigenvalue weighted by atomic mass is 19.3. The van der Waals surface area contributed by atoms with E-state index in [2.05, 4.69) is 15.4 Å². The molecule has 0 spiro atoms. The standard InChI is InChI=1S/C27H24F2N6O3/c1-26(37)11-27(30,12-26)19-6-5-13(10-31-19)16-7-8-35-23(32-16)21-15-9-17(22(21)34-35)33-24(36)14-3-2-4-18(20(14)15)38-25(28)29/h2-8,10,15,17,25,37H,9,11-12,30H2,1H3,(H,33,36)/t15-,17-,26?,27?/m1/s1. The van der Waals surface area contributed by atoms with Crippen LogP contribution in [0.3, 0.4) is 0 Å². The number of benzene rings is 1. The lowest BCUT2D eigenvalue weighted by molar-refractivity contribution is -0.0753. The number of ether oxygens (including phenoxy) is 1. The number of amides is 1. The number of carbonyl (C=O) groups excluding carboxylic acids is 1. The Morgan fingerprint density at radius 2 is 2.03 bits per heavy atom. The lowest BCUT2D eigenvalue weighted by Gasteiger charge is -2.48. The Labute approximate surface area is 215 Å². The molecule has 1 saturated carbocycles. The first-order valence-corrected chi connectivity index (χ1v) is 12.4. The SMILES string of the molecule is CC1(O)CC(N)(c2ccc(-c3ccn4nc5c(c4n3)[C@@H]3C[C@H]5NC(=O)c4cccc(OC(F)F)c43)cn2)C1. The van der Waals surface area contributed by atoms with Gasteiger partial charge in [-0.1, -0.05) is 6.07 Å². The molecule has 1 fully saturated rings. The number of nitrogens with zero attached hydrogens (tertiary/aromatic N) is 4. The van der Waals surface area contributed by atoms with Gasteiger partial charge in [0.2, 0.25) is 0 Å². The van der Waals surface area contributed by atoms with Crippen molar-refractivity contribution in [2.45, 2.75) is 55.9 Å². The largest absolute Gasteiger partial charge is 0.434 e. The van der Waals surface area contributed by atoms with Gasteiger partial charge in [0.25, 0.3) is 5.91 Å². The van der Waals surface area contributed by atoms with Gasteiger partial charge in [-0.3, -0.25) is 9.78 Å². The summed E-state index contributed by atoms with van der Waals surface area (Å²) >= 11 is 0. The smallest absolute Gasteiger partial charge is 0.387 e. The molecule has 0 saturated heterocycles. The predicted molar refractivity (Wildman–Crippen MR) is 132 cm³/mol. The second-order valence-corrected chi connectivity index (χ2v) is 10.7. The van der Waals surface area contributed by atoms with Crippen LogP contribution >= 0.6 is 0 Å². The van der Waals surface area contributed by atoms with Crippen molar-refractivity contribution in [3.05, 3.63) is 76.9 Å². The van der Waals surface area contributed by atoms with E-state index in [9.17, 15) is 18.7 Å². The van der Waals surface area contributed by atoms with Crippen LogP contribution < -0.4 is 15.8 Å². The van der Waals surface area contributed by atoms with Gasteiger partial charge in [-0.05, 0) is 56.5 Å². The van der Waals surface area contributed by atoms with E-state index in [4.69, 9.17) is 15.5 Å². The molecule has 3 aromatic heterocycles. The van der Waals surface area contributed by atoms with Gasteiger partial charge in [0.05, 0.1) is 34.3 Å². The summed E-state index contributed by atoms with van der Waals surface area (Å²) in [5.74, 6) is -0.768. The first-order chi connectivity index (χ1) is 18.1. The molecule has 1 amide bonds. The fraction of sp³-hybridized carbons (Fsp3) is 0.333. The monoisotopic (exact) mass is 518 g/mol. The van der Waals surface area contributed by atoms with Crippen LogP contribution in [0.15, 0.2) is 48.8 Å². The third kappa shape index (κ3) is 3.42. The maximum absolute atomic E-state index is 13.2. The molecular formula is C27H24F2N6O3. The highest BCUT2D eigenvalue weighted by Crippen LogP contribution is 2.51. The molecule has 4 heterocycles. The summed E-state index contributed by atoms with van der Waals surface area (Å²) in [6, 6.07) is 9.81. The number of nitrogens with one attached hydrogen (secondary N) is 1. The maximum atomic E-state index is 13.2. The fourth-order valence-electron chi connectivity index (χ4n) is 6.43. The number of nitrogens with two attached hydrogens (primary N) is 1. The van der Waals surface area contributed by atoms with Crippen LogP contribution in [0.25, 0.3) is 16.9 Å². The number of carbonyl (C=O) groups is 1. The van der Waals surface area contributed by atoms with Crippen LogP contribution in [0, 0.1) is 0 Å². The topological polar surface area (TPSA) is 128 Å². The van der Waals surface area contributed by atoms with Crippen LogP contribution in [0.5, 0.6) is 5.75 Å². The Morgan fingerprint density at radius 3 is 2.74 bits per heavy atom. The summed E-state index contributed by atoms with van der Waals surface area (Å²) < 4.78 is 33.0. The number of aromatic nitrogens is 4. The van der Waals surface area contributed by atoms with Gasteiger partial charge in [-0.2, -0.15) is 13.9 Å². The average Bonchev–Trinajstić information content (AvgIpc) is 3.34. The number of halogens is 2. The number of fused-ring (bicyclic) bond motifs is 9. The third-order valence-corrected chi connectivity index (χ3v) is 7.84. The van der Waals surface area contributed by atoms with Crippen molar-refractivity contribution in [1.29, 1.82) is 0 Å². The molecule has 3 aliphatic rings. The third-order valence-electron chi connectivity index (χ3n) is 7.84. The Bertz CT molecular complexity index is 1610. The highest BCUT2D eigenvalue weighted by Gasteiger charge is 2.50. The Balaban J connectivity index is 1.31. The van der Waals surface area contributed by atoms with E-state index in [0.29, 0.717) is 53.1 Å². The highest BCUT2D eigenvalue weighted by molar-refractivity contribution is 5.98. The Hall–Kier alpha value is -3.96. The number of pyridine rings is 1. The molecule has 4 aromatic rings. The van der Waals surface area contributed by atoms with Gasteiger partial charge >= 0.3 is 6.61 Å². The number of hydrogen-bond acceptors (Lipinski definition) is 7. The van der Waals surface area contributed by atoms with Crippen LogP contribution in [0.4, 0.5) is 8.78 Å². The van der Waals surface area contributed by atoms with Crippen molar-refractivity contribution < 1.29 is 23.4 Å². The number of alkyl halides is 2. The molecule has 38 heavy (non-hydrogen) atoms. The normalized spacial score (nSPS) is 27.5. The summed E-state index contributed by atoms with van der Waals surface area (Å²) in [6.45, 7) is -1.26. The molecule has 2 bridgehead atoms. The molecule has 2 aliphatic carbocycles. The molecule has 0 unspecified atom stereocenters. The van der Waals surface area contributed by atoms with Crippen molar-refractivity contribution in [1.82, 2.24) is 24.9 Å².